The van der Waals surface area contributed by atoms with E-state index in [9.17, 15) is 0 Å². The van der Waals surface area contributed by atoms with E-state index in [1.165, 1.54) is 16.7 Å². The van der Waals surface area contributed by atoms with Crippen molar-refractivity contribution in [3.05, 3.63) is 71.8 Å². The molecule has 0 radical (unpaired) electrons. The maximum atomic E-state index is 3.97. The Labute approximate surface area is 148 Å². The van der Waals surface area contributed by atoms with E-state index in [4.69, 9.17) is 0 Å². The first kappa shape index (κ1) is 18.7. The molecule has 0 aromatic heterocycles. The van der Waals surface area contributed by atoms with Crippen LogP contribution in [-0.4, -0.2) is 41.5 Å². The number of benzene rings is 1. The maximum absolute atomic E-state index is 3.97. The lowest BCUT2D eigenvalue weighted by Gasteiger charge is -2.44. The summed E-state index contributed by atoms with van der Waals surface area (Å²) in [4.78, 5) is 5.18. The summed E-state index contributed by atoms with van der Waals surface area (Å²) in [6.07, 6.45) is 8.32. The van der Waals surface area contributed by atoms with Crippen LogP contribution in [0.1, 0.15) is 31.9 Å². The fraction of sp³-hybridized carbons (Fsp3) is 0.455. The fourth-order valence-electron chi connectivity index (χ4n) is 3.47. The van der Waals surface area contributed by atoms with Crippen LogP contribution in [0, 0.1) is 6.92 Å². The standard InChI is InChI=1S/C22H32N2/c1-6-8-9-21(7-2)17-24-19(4)14-23(15-20(24)5)16-22-12-10-18(3)11-13-22/h6-13,19-20H,2,14-17H2,1,3-5H3/b8-6-,21-9+. The van der Waals surface area contributed by atoms with Gasteiger partial charge in [0.25, 0.3) is 0 Å². The Balaban J connectivity index is 1.98. The molecule has 2 heteroatoms. The third-order valence-electron chi connectivity index (χ3n) is 4.83. The summed E-state index contributed by atoms with van der Waals surface area (Å²) in [5, 5.41) is 0. The van der Waals surface area contributed by atoms with Crippen LogP contribution in [0.5, 0.6) is 0 Å². The molecule has 0 saturated carbocycles. The minimum atomic E-state index is 0.549. The molecule has 0 bridgehead atoms. The van der Waals surface area contributed by atoms with E-state index >= 15 is 0 Å². The van der Waals surface area contributed by atoms with Crippen LogP contribution in [-0.2, 0) is 6.54 Å². The summed E-state index contributed by atoms with van der Waals surface area (Å²) in [5.41, 5.74) is 4.03. The van der Waals surface area contributed by atoms with Crippen LogP contribution in [0.2, 0.25) is 0 Å². The van der Waals surface area contributed by atoms with Gasteiger partial charge in [0.15, 0.2) is 0 Å². The molecule has 1 fully saturated rings. The zero-order valence-corrected chi connectivity index (χ0v) is 15.7. The van der Waals surface area contributed by atoms with Gasteiger partial charge in [0.05, 0.1) is 0 Å². The van der Waals surface area contributed by atoms with E-state index in [0.717, 1.165) is 26.2 Å². The van der Waals surface area contributed by atoms with Crippen LogP contribution in [0.15, 0.2) is 60.7 Å². The van der Waals surface area contributed by atoms with Crippen molar-refractivity contribution in [2.45, 2.75) is 46.3 Å². The number of hydrogen-bond acceptors (Lipinski definition) is 2. The van der Waals surface area contributed by atoms with Crippen molar-refractivity contribution in [3.63, 3.8) is 0 Å². The summed E-state index contributed by atoms with van der Waals surface area (Å²) < 4.78 is 0. The smallest absolute Gasteiger partial charge is 0.0240 e. The molecule has 0 N–H and O–H groups in total. The van der Waals surface area contributed by atoms with Crippen molar-refractivity contribution in [2.75, 3.05) is 19.6 Å². The average Bonchev–Trinajstić information content (AvgIpc) is 2.56. The first-order chi connectivity index (χ1) is 11.5. The molecule has 1 aromatic carbocycles. The molecule has 2 rings (SSSR count). The van der Waals surface area contributed by atoms with E-state index in [1.54, 1.807) is 0 Å². The SMILES string of the molecule is C=C/C(=C\C=C/C)CN1C(C)CN(Cc2ccc(C)cc2)CC1C. The lowest BCUT2D eigenvalue weighted by atomic mass is 10.0. The summed E-state index contributed by atoms with van der Waals surface area (Å²) in [6.45, 7) is 17.1. The summed E-state index contributed by atoms with van der Waals surface area (Å²) >= 11 is 0. The Hall–Kier alpha value is -1.64. The Morgan fingerprint density at radius 2 is 1.79 bits per heavy atom. The van der Waals surface area contributed by atoms with Crippen LogP contribution < -0.4 is 0 Å². The lowest BCUT2D eigenvalue weighted by Crippen LogP contribution is -2.56. The highest BCUT2D eigenvalue weighted by Crippen LogP contribution is 2.20. The van der Waals surface area contributed by atoms with Crippen molar-refractivity contribution in [2.24, 2.45) is 0 Å². The van der Waals surface area contributed by atoms with Gasteiger partial charge in [0.2, 0.25) is 0 Å². The molecule has 130 valence electrons. The van der Waals surface area contributed by atoms with Gasteiger partial charge in [-0.05, 0) is 38.8 Å². The van der Waals surface area contributed by atoms with E-state index in [0.29, 0.717) is 12.1 Å². The van der Waals surface area contributed by atoms with Crippen LogP contribution >= 0.6 is 0 Å². The second kappa shape index (κ2) is 9.00. The highest BCUT2D eigenvalue weighted by atomic mass is 15.3. The van der Waals surface area contributed by atoms with Crippen LogP contribution in [0.3, 0.4) is 0 Å². The third kappa shape index (κ3) is 5.19. The maximum Gasteiger partial charge on any atom is 0.0240 e. The summed E-state index contributed by atoms with van der Waals surface area (Å²) in [6, 6.07) is 10.0. The largest absolute Gasteiger partial charge is 0.296 e. The van der Waals surface area contributed by atoms with E-state index in [-0.39, 0.29) is 0 Å². The van der Waals surface area contributed by atoms with Crippen LogP contribution in [0.4, 0.5) is 0 Å². The monoisotopic (exact) mass is 324 g/mol. The number of nitrogens with zero attached hydrogens (tertiary/aromatic N) is 2. The molecule has 2 unspecified atom stereocenters. The Kier molecular flexibility index (Phi) is 7.01. The van der Waals surface area contributed by atoms with E-state index in [2.05, 4.69) is 79.6 Å². The molecular formula is C22H32N2. The van der Waals surface area contributed by atoms with Gasteiger partial charge in [-0.1, -0.05) is 60.7 Å². The summed E-state index contributed by atoms with van der Waals surface area (Å²) in [7, 11) is 0. The predicted molar refractivity (Wildman–Crippen MR) is 105 cm³/mol. The molecule has 1 heterocycles. The molecule has 1 aliphatic heterocycles. The van der Waals surface area contributed by atoms with Crippen molar-refractivity contribution >= 4 is 0 Å². The molecule has 2 nitrogen and oxygen atoms in total. The Morgan fingerprint density at radius 1 is 1.17 bits per heavy atom. The molecule has 1 aromatic rings. The summed E-state index contributed by atoms with van der Waals surface area (Å²) in [5.74, 6) is 0. The molecular weight excluding hydrogens is 292 g/mol. The minimum absolute atomic E-state index is 0.549. The average molecular weight is 325 g/mol. The van der Waals surface area contributed by atoms with Crippen LogP contribution in [0.25, 0.3) is 0 Å². The van der Waals surface area contributed by atoms with Crippen molar-refractivity contribution in [1.29, 1.82) is 0 Å². The molecule has 24 heavy (non-hydrogen) atoms. The first-order valence-electron chi connectivity index (χ1n) is 9.01. The normalized spacial score (nSPS) is 23.8. The lowest BCUT2D eigenvalue weighted by molar-refractivity contribution is 0.0427. The predicted octanol–water partition coefficient (Wildman–Crippen LogP) is 4.58. The number of rotatable bonds is 6. The Bertz CT molecular complexity index is 570. The molecule has 1 aliphatic rings. The molecule has 0 spiro atoms. The molecule has 0 amide bonds. The Morgan fingerprint density at radius 3 is 2.33 bits per heavy atom. The quantitative estimate of drug-likeness (QED) is 0.707. The van der Waals surface area contributed by atoms with Gasteiger partial charge in [-0.15, -0.1) is 0 Å². The number of aryl methyl sites for hydroxylation is 1. The highest BCUT2D eigenvalue weighted by molar-refractivity contribution is 5.24. The molecule has 2 atom stereocenters. The van der Waals surface area contributed by atoms with Gasteiger partial charge < -0.3 is 0 Å². The second-order valence-electron chi connectivity index (χ2n) is 7.02. The van der Waals surface area contributed by atoms with Crippen molar-refractivity contribution in [1.82, 2.24) is 9.80 Å². The number of allylic oxidation sites excluding steroid dienone is 3. The first-order valence-corrected chi connectivity index (χ1v) is 9.01. The van der Waals surface area contributed by atoms with Gasteiger partial charge >= 0.3 is 0 Å². The van der Waals surface area contributed by atoms with Gasteiger partial charge in [-0.25, -0.2) is 0 Å². The van der Waals surface area contributed by atoms with Crippen molar-refractivity contribution < 1.29 is 0 Å². The van der Waals surface area contributed by atoms with Gasteiger partial charge in [-0.2, -0.15) is 0 Å². The number of hydrogen-bond donors (Lipinski definition) is 0. The second-order valence-corrected chi connectivity index (χ2v) is 7.02. The molecule has 1 saturated heterocycles. The van der Waals surface area contributed by atoms with Crippen molar-refractivity contribution in [3.8, 4) is 0 Å². The fourth-order valence-corrected chi connectivity index (χ4v) is 3.47. The van der Waals surface area contributed by atoms with Gasteiger partial charge in [0.1, 0.15) is 0 Å². The van der Waals surface area contributed by atoms with Gasteiger partial charge in [-0.3, -0.25) is 9.80 Å². The zero-order chi connectivity index (χ0) is 17.5. The third-order valence-corrected chi connectivity index (χ3v) is 4.83. The highest BCUT2D eigenvalue weighted by Gasteiger charge is 2.29. The number of piperazine rings is 1. The topological polar surface area (TPSA) is 6.48 Å². The molecule has 0 aliphatic carbocycles. The van der Waals surface area contributed by atoms with E-state index < -0.39 is 0 Å². The zero-order valence-electron chi connectivity index (χ0n) is 15.7. The van der Waals surface area contributed by atoms with E-state index in [1.807, 2.05) is 13.0 Å². The van der Waals surface area contributed by atoms with Gasteiger partial charge in [0, 0.05) is 38.3 Å². The minimum Gasteiger partial charge on any atom is -0.296 e.